The molecule has 3 rings (SSSR count). The molecule has 10 heteroatoms. The molecule has 0 bridgehead atoms. The van der Waals surface area contributed by atoms with E-state index in [1.54, 1.807) is 13.1 Å². The summed E-state index contributed by atoms with van der Waals surface area (Å²) in [5.41, 5.74) is 1.35. The summed E-state index contributed by atoms with van der Waals surface area (Å²) in [6, 6.07) is 12.3. The molecular weight excluding hydrogens is 467 g/mol. The zero-order chi connectivity index (χ0) is 24.0. The monoisotopic (exact) mass is 494 g/mol. The Hall–Kier alpha value is -2.56. The average Bonchev–Trinajstić information content (AvgIpc) is 2.88. The molecule has 0 amide bonds. The predicted molar refractivity (Wildman–Crippen MR) is 128 cm³/mol. The van der Waals surface area contributed by atoms with Crippen LogP contribution >= 0.6 is 11.8 Å². The van der Waals surface area contributed by atoms with Crippen LogP contribution in [-0.2, 0) is 14.8 Å². The van der Waals surface area contributed by atoms with Crippen molar-refractivity contribution in [1.29, 1.82) is 0 Å². The van der Waals surface area contributed by atoms with Gasteiger partial charge in [-0.15, -0.1) is 11.8 Å². The molecule has 0 saturated carbocycles. The highest BCUT2D eigenvalue weighted by Gasteiger charge is 2.37. The number of rotatable bonds is 9. The highest BCUT2D eigenvalue weighted by atomic mass is 32.2. The first-order chi connectivity index (χ1) is 15.8. The molecule has 0 saturated heterocycles. The second kappa shape index (κ2) is 11.0. The van der Waals surface area contributed by atoms with E-state index in [9.17, 15) is 17.6 Å². The number of sulfonamides is 1. The molecule has 1 aliphatic rings. The Balaban J connectivity index is 2.16. The van der Waals surface area contributed by atoms with Crippen molar-refractivity contribution in [3.63, 3.8) is 0 Å². The molecule has 1 unspecified atom stereocenters. The molecular formula is C23H27FN2O5S2. The van der Waals surface area contributed by atoms with E-state index >= 15 is 0 Å². The molecule has 2 aromatic rings. The number of nitrogens with zero attached hydrogens (tertiary/aromatic N) is 2. The number of hydrogen-bond donors (Lipinski definition) is 1. The van der Waals surface area contributed by atoms with E-state index in [2.05, 4.69) is 0 Å². The zero-order valence-corrected chi connectivity index (χ0v) is 20.1. The minimum Gasteiger partial charge on any atom is -0.478 e. The van der Waals surface area contributed by atoms with Crippen LogP contribution in [0.1, 0.15) is 19.3 Å². The van der Waals surface area contributed by atoms with E-state index in [0.717, 1.165) is 18.0 Å². The number of alkyl halides is 1. The Bertz CT molecular complexity index is 1110. The Morgan fingerprint density at radius 1 is 1.27 bits per heavy atom. The van der Waals surface area contributed by atoms with Crippen molar-refractivity contribution in [2.45, 2.75) is 35.1 Å². The number of fused-ring (bicyclic) bond motifs is 1. The molecule has 33 heavy (non-hydrogen) atoms. The van der Waals surface area contributed by atoms with Crippen molar-refractivity contribution in [1.82, 2.24) is 4.31 Å². The Morgan fingerprint density at radius 3 is 2.64 bits per heavy atom. The third-order valence-corrected chi connectivity index (χ3v) is 8.19. The molecule has 7 nitrogen and oxygen atoms in total. The summed E-state index contributed by atoms with van der Waals surface area (Å²) < 4.78 is 46.8. The summed E-state index contributed by atoms with van der Waals surface area (Å²) >= 11 is 1.37. The second-order valence-electron chi connectivity index (χ2n) is 7.54. The van der Waals surface area contributed by atoms with Crippen LogP contribution in [0.2, 0.25) is 0 Å². The van der Waals surface area contributed by atoms with Crippen molar-refractivity contribution in [2.24, 2.45) is 0 Å². The van der Waals surface area contributed by atoms with Gasteiger partial charge in [0.05, 0.1) is 29.6 Å². The number of benzene rings is 2. The molecule has 0 aromatic heterocycles. The normalized spacial score (nSPS) is 18.2. The van der Waals surface area contributed by atoms with Gasteiger partial charge in [0, 0.05) is 31.4 Å². The first-order valence-electron chi connectivity index (χ1n) is 10.4. The SMILES string of the molecule is CSc1cc2c(cc1O/C=C/C(=O)O)S(=O)(=O)N(C)C(CCCCF)CN2c1ccccc1. The molecule has 0 radical (unpaired) electrons. The van der Waals surface area contributed by atoms with E-state index in [-0.39, 0.29) is 16.7 Å². The number of carboxylic acid groups (broad SMARTS) is 1. The van der Waals surface area contributed by atoms with Crippen molar-refractivity contribution in [3.05, 3.63) is 54.8 Å². The van der Waals surface area contributed by atoms with E-state index < -0.39 is 22.7 Å². The molecule has 1 aliphatic heterocycles. The second-order valence-corrected chi connectivity index (χ2v) is 10.3. The molecule has 2 aromatic carbocycles. The summed E-state index contributed by atoms with van der Waals surface area (Å²) in [5.74, 6) is -0.922. The van der Waals surface area contributed by atoms with Gasteiger partial charge in [-0.2, -0.15) is 4.31 Å². The number of halogens is 1. The van der Waals surface area contributed by atoms with Crippen LogP contribution in [0.15, 0.2) is 64.6 Å². The van der Waals surface area contributed by atoms with Gasteiger partial charge >= 0.3 is 5.97 Å². The summed E-state index contributed by atoms with van der Waals surface area (Å²) in [4.78, 5) is 13.5. The number of carboxylic acids is 1. The highest BCUT2D eigenvalue weighted by molar-refractivity contribution is 7.98. The molecule has 0 spiro atoms. The maximum Gasteiger partial charge on any atom is 0.331 e. The lowest BCUT2D eigenvalue weighted by Gasteiger charge is -2.29. The molecule has 178 valence electrons. The largest absolute Gasteiger partial charge is 0.478 e. The van der Waals surface area contributed by atoms with Crippen LogP contribution < -0.4 is 9.64 Å². The number of carbonyl (C=O) groups is 1. The van der Waals surface area contributed by atoms with Gasteiger partial charge in [-0.25, -0.2) is 13.2 Å². The maximum absolute atomic E-state index is 13.6. The van der Waals surface area contributed by atoms with Crippen molar-refractivity contribution >= 4 is 39.1 Å². The predicted octanol–water partition coefficient (Wildman–Crippen LogP) is 4.67. The molecule has 1 atom stereocenters. The highest BCUT2D eigenvalue weighted by Crippen LogP contribution is 2.43. The quantitative estimate of drug-likeness (QED) is 0.235. The lowest BCUT2D eigenvalue weighted by molar-refractivity contribution is -0.131. The first-order valence-corrected chi connectivity index (χ1v) is 13.1. The number of anilines is 2. The van der Waals surface area contributed by atoms with Crippen molar-refractivity contribution in [3.8, 4) is 5.75 Å². The number of hydrogen-bond acceptors (Lipinski definition) is 6. The fraction of sp³-hybridized carbons (Fsp3) is 0.348. The van der Waals surface area contributed by atoms with Gasteiger partial charge in [-0.05, 0) is 43.7 Å². The van der Waals surface area contributed by atoms with Crippen LogP contribution in [0.25, 0.3) is 0 Å². The Morgan fingerprint density at radius 2 is 2.00 bits per heavy atom. The number of unbranched alkanes of at least 4 members (excludes halogenated alkanes) is 1. The summed E-state index contributed by atoms with van der Waals surface area (Å²) in [6.07, 6.45) is 5.17. The van der Waals surface area contributed by atoms with E-state index in [1.807, 2.05) is 41.5 Å². The van der Waals surface area contributed by atoms with Gasteiger partial charge in [0.2, 0.25) is 10.0 Å². The van der Waals surface area contributed by atoms with Gasteiger partial charge in [0.25, 0.3) is 0 Å². The molecule has 0 fully saturated rings. The van der Waals surface area contributed by atoms with Gasteiger partial charge in [0.1, 0.15) is 10.6 Å². The third kappa shape index (κ3) is 5.69. The number of aliphatic carboxylic acids is 1. The zero-order valence-electron chi connectivity index (χ0n) is 18.5. The number of likely N-dealkylation sites (N-methyl/N-ethyl adjacent to an activating group) is 1. The average molecular weight is 495 g/mol. The van der Waals surface area contributed by atoms with E-state index in [1.165, 1.54) is 22.1 Å². The Labute approximate surface area is 197 Å². The van der Waals surface area contributed by atoms with Crippen molar-refractivity contribution in [2.75, 3.05) is 31.4 Å². The van der Waals surface area contributed by atoms with E-state index in [4.69, 9.17) is 9.84 Å². The molecule has 1 heterocycles. The van der Waals surface area contributed by atoms with Gasteiger partial charge in [-0.1, -0.05) is 18.2 Å². The lowest BCUT2D eigenvalue weighted by atomic mass is 10.1. The summed E-state index contributed by atoms with van der Waals surface area (Å²) in [5, 5.41) is 8.84. The first kappa shape index (κ1) is 25.1. The number of ether oxygens (including phenoxy) is 1. The number of thioether (sulfide) groups is 1. The fourth-order valence-electron chi connectivity index (χ4n) is 3.74. The minimum atomic E-state index is -3.91. The van der Waals surface area contributed by atoms with Crippen LogP contribution in [0.5, 0.6) is 5.75 Å². The van der Waals surface area contributed by atoms with Crippen LogP contribution in [0.4, 0.5) is 15.8 Å². The summed E-state index contributed by atoms with van der Waals surface area (Å²) in [7, 11) is -2.36. The van der Waals surface area contributed by atoms with Crippen LogP contribution in [-0.4, -0.2) is 56.4 Å². The maximum atomic E-state index is 13.6. The van der Waals surface area contributed by atoms with Crippen molar-refractivity contribution < 1.29 is 27.4 Å². The van der Waals surface area contributed by atoms with Crippen LogP contribution in [0, 0.1) is 0 Å². The summed E-state index contributed by atoms with van der Waals surface area (Å²) in [6.45, 7) is -0.0284. The van der Waals surface area contributed by atoms with Gasteiger partial charge < -0.3 is 14.7 Å². The molecule has 0 aliphatic carbocycles. The Kier molecular flexibility index (Phi) is 8.39. The van der Waals surface area contributed by atoms with Gasteiger partial charge in [0.15, 0.2) is 0 Å². The van der Waals surface area contributed by atoms with Gasteiger partial charge in [-0.3, -0.25) is 4.39 Å². The molecule has 1 N–H and O–H groups in total. The number of para-hydroxylation sites is 1. The third-order valence-electron chi connectivity index (χ3n) is 5.50. The van der Waals surface area contributed by atoms with Crippen LogP contribution in [0.3, 0.4) is 0 Å². The van der Waals surface area contributed by atoms with E-state index in [0.29, 0.717) is 36.4 Å². The smallest absolute Gasteiger partial charge is 0.331 e. The standard InChI is InChI=1S/C23H27FN2O5S2/c1-25-18(10-6-7-12-24)16-26(17-8-4-3-5-9-17)19-14-21(32-2)20(31-13-11-23(27)28)15-22(19)33(25,29)30/h3-5,8-9,11,13-15,18H,6-7,10,12,16H2,1-2H3,(H,27,28)/b13-11+. The minimum absolute atomic E-state index is 0.0679. The topological polar surface area (TPSA) is 87.1 Å². The fourth-order valence-corrected chi connectivity index (χ4v) is 5.84. The lowest BCUT2D eigenvalue weighted by Crippen LogP contribution is -2.40.